The Morgan fingerprint density at radius 2 is 1.71 bits per heavy atom. The molecule has 0 atom stereocenters. The van der Waals surface area contributed by atoms with Crippen molar-refractivity contribution < 1.29 is 14.3 Å². The number of carbonyl (C=O) groups is 1. The second kappa shape index (κ2) is 14.2. The number of unbranched alkanes of at least 4 members (excludes halogenated alkanes) is 3. The lowest BCUT2D eigenvalue weighted by Gasteiger charge is -2.11. The molecule has 0 aliphatic heterocycles. The number of rotatable bonds is 15. The summed E-state index contributed by atoms with van der Waals surface area (Å²) in [4.78, 5) is 17.2. The highest BCUT2D eigenvalue weighted by Gasteiger charge is 2.10. The molecule has 0 spiro atoms. The minimum atomic E-state index is 0.0940. The van der Waals surface area contributed by atoms with Crippen LogP contribution in [0.15, 0.2) is 72.8 Å². The molecule has 0 bridgehead atoms. The van der Waals surface area contributed by atoms with Crippen molar-refractivity contribution in [3.05, 3.63) is 89.7 Å². The number of para-hydroxylation sites is 2. The molecule has 4 aromatic rings. The summed E-state index contributed by atoms with van der Waals surface area (Å²) >= 11 is 0. The van der Waals surface area contributed by atoms with Crippen LogP contribution < -0.4 is 14.8 Å². The molecule has 6 nitrogen and oxygen atoms in total. The van der Waals surface area contributed by atoms with Gasteiger partial charge >= 0.3 is 0 Å². The summed E-state index contributed by atoms with van der Waals surface area (Å²) in [7, 11) is 1.66. The first-order chi connectivity index (χ1) is 18.6. The summed E-state index contributed by atoms with van der Waals surface area (Å²) < 4.78 is 13.5. The zero-order chi connectivity index (χ0) is 26.6. The first-order valence-corrected chi connectivity index (χ1v) is 13.7. The van der Waals surface area contributed by atoms with E-state index in [1.54, 1.807) is 7.11 Å². The molecule has 0 saturated heterocycles. The van der Waals surface area contributed by atoms with E-state index in [1.807, 2.05) is 61.5 Å². The van der Waals surface area contributed by atoms with E-state index < -0.39 is 0 Å². The van der Waals surface area contributed by atoms with Crippen molar-refractivity contribution in [1.29, 1.82) is 0 Å². The minimum absolute atomic E-state index is 0.0940. The Morgan fingerprint density at radius 3 is 2.58 bits per heavy atom. The predicted molar refractivity (Wildman–Crippen MR) is 153 cm³/mol. The third-order valence-corrected chi connectivity index (χ3v) is 6.83. The molecule has 0 aliphatic rings. The van der Waals surface area contributed by atoms with Crippen molar-refractivity contribution >= 4 is 16.9 Å². The van der Waals surface area contributed by atoms with Crippen LogP contribution in [-0.2, 0) is 24.2 Å². The Balaban J connectivity index is 1.19. The number of fused-ring (bicyclic) bond motifs is 1. The molecule has 0 fully saturated rings. The molecule has 38 heavy (non-hydrogen) atoms. The van der Waals surface area contributed by atoms with E-state index in [-0.39, 0.29) is 5.91 Å². The van der Waals surface area contributed by atoms with Gasteiger partial charge in [-0.25, -0.2) is 4.98 Å². The lowest BCUT2D eigenvalue weighted by atomic mass is 10.1. The van der Waals surface area contributed by atoms with Gasteiger partial charge in [-0.2, -0.15) is 0 Å². The number of hydrogen-bond donors (Lipinski definition) is 1. The number of hydrogen-bond acceptors (Lipinski definition) is 4. The van der Waals surface area contributed by atoms with Crippen LogP contribution in [-0.4, -0.2) is 35.7 Å². The van der Waals surface area contributed by atoms with Gasteiger partial charge in [-0.05, 0) is 68.0 Å². The van der Waals surface area contributed by atoms with Crippen molar-refractivity contribution in [1.82, 2.24) is 14.9 Å². The third-order valence-electron chi connectivity index (χ3n) is 6.83. The standard InChI is InChI=1S/C32H39N3O3/c1-25-13-5-6-14-26(25)23-32(36)33-20-9-3-4-19-31-34-29-17-7-8-18-30(29)35(31)21-10-11-22-38-28-16-12-15-27(24-28)37-2/h5-8,12-18,24H,3-4,9-11,19-23H2,1-2H3,(H,33,36). The molecule has 4 rings (SSSR count). The van der Waals surface area contributed by atoms with Gasteiger partial charge in [0.25, 0.3) is 0 Å². The van der Waals surface area contributed by atoms with Crippen molar-refractivity contribution in [2.24, 2.45) is 0 Å². The van der Waals surface area contributed by atoms with Crippen molar-refractivity contribution in [2.75, 3.05) is 20.3 Å². The lowest BCUT2D eigenvalue weighted by Crippen LogP contribution is -2.26. The van der Waals surface area contributed by atoms with Gasteiger partial charge in [0.2, 0.25) is 5.91 Å². The van der Waals surface area contributed by atoms with Gasteiger partial charge in [-0.1, -0.05) is 48.9 Å². The molecular weight excluding hydrogens is 474 g/mol. The maximum absolute atomic E-state index is 12.3. The number of amides is 1. The zero-order valence-electron chi connectivity index (χ0n) is 22.6. The number of nitrogens with zero attached hydrogens (tertiary/aromatic N) is 2. The number of aromatic nitrogens is 2. The van der Waals surface area contributed by atoms with Crippen molar-refractivity contribution in [3.8, 4) is 11.5 Å². The number of methoxy groups -OCH3 is 1. The van der Waals surface area contributed by atoms with Crippen LogP contribution in [0.2, 0.25) is 0 Å². The highest BCUT2D eigenvalue weighted by atomic mass is 16.5. The molecule has 1 N–H and O–H groups in total. The third kappa shape index (κ3) is 7.85. The molecule has 3 aromatic carbocycles. The quantitative estimate of drug-likeness (QED) is 0.190. The van der Waals surface area contributed by atoms with Gasteiger partial charge in [0.05, 0.1) is 31.2 Å². The first kappa shape index (κ1) is 27.2. The zero-order valence-corrected chi connectivity index (χ0v) is 22.6. The van der Waals surface area contributed by atoms with E-state index in [0.29, 0.717) is 19.6 Å². The highest BCUT2D eigenvalue weighted by Crippen LogP contribution is 2.21. The molecule has 1 amide bonds. The van der Waals surface area contributed by atoms with Crippen molar-refractivity contribution in [2.45, 2.75) is 58.4 Å². The Labute approximate surface area is 226 Å². The average molecular weight is 514 g/mol. The number of benzene rings is 3. The van der Waals surface area contributed by atoms with Crippen LogP contribution >= 0.6 is 0 Å². The molecule has 0 saturated carbocycles. The van der Waals surface area contributed by atoms with E-state index in [4.69, 9.17) is 14.5 Å². The number of nitrogens with one attached hydrogen (secondary N) is 1. The molecule has 0 radical (unpaired) electrons. The topological polar surface area (TPSA) is 65.4 Å². The Hall–Kier alpha value is -3.80. The maximum atomic E-state index is 12.3. The Bertz CT molecular complexity index is 1310. The smallest absolute Gasteiger partial charge is 0.224 e. The van der Waals surface area contributed by atoms with Crippen LogP contribution in [0.3, 0.4) is 0 Å². The monoisotopic (exact) mass is 513 g/mol. The molecule has 1 heterocycles. The van der Waals surface area contributed by atoms with Gasteiger partial charge in [0, 0.05) is 25.6 Å². The van der Waals surface area contributed by atoms with Gasteiger partial charge in [0.1, 0.15) is 17.3 Å². The SMILES string of the molecule is COc1cccc(OCCCCn2c(CCCCCNC(=O)Cc3ccccc3C)nc3ccccc32)c1. The fourth-order valence-electron chi connectivity index (χ4n) is 4.68. The lowest BCUT2D eigenvalue weighted by molar-refractivity contribution is -0.120. The average Bonchev–Trinajstić information content (AvgIpc) is 3.29. The van der Waals surface area contributed by atoms with Crippen LogP contribution in [0.4, 0.5) is 0 Å². The van der Waals surface area contributed by atoms with Crippen LogP contribution in [0, 0.1) is 6.92 Å². The van der Waals surface area contributed by atoms with Gasteiger partial charge < -0.3 is 19.4 Å². The predicted octanol–water partition coefficient (Wildman–Crippen LogP) is 6.28. The van der Waals surface area contributed by atoms with Crippen LogP contribution in [0.1, 0.15) is 49.1 Å². The van der Waals surface area contributed by atoms with E-state index >= 15 is 0 Å². The van der Waals surface area contributed by atoms with E-state index in [9.17, 15) is 4.79 Å². The molecule has 1 aromatic heterocycles. The Kier molecular flexibility index (Phi) is 10.2. The number of imidazole rings is 1. The first-order valence-electron chi connectivity index (χ1n) is 13.7. The molecule has 0 aliphatic carbocycles. The highest BCUT2D eigenvalue weighted by molar-refractivity contribution is 5.78. The summed E-state index contributed by atoms with van der Waals surface area (Å²) in [6.45, 7) is 4.36. The number of aryl methyl sites for hydroxylation is 3. The summed E-state index contributed by atoms with van der Waals surface area (Å²) in [5.41, 5.74) is 4.50. The summed E-state index contributed by atoms with van der Waals surface area (Å²) in [6, 6.07) is 24.2. The molecule has 6 heteroatoms. The normalized spacial score (nSPS) is 11.0. The molecule has 0 unspecified atom stereocenters. The Morgan fingerprint density at radius 1 is 0.895 bits per heavy atom. The van der Waals surface area contributed by atoms with Gasteiger partial charge in [0.15, 0.2) is 0 Å². The maximum Gasteiger partial charge on any atom is 0.224 e. The van der Waals surface area contributed by atoms with Gasteiger partial charge in [-0.15, -0.1) is 0 Å². The summed E-state index contributed by atoms with van der Waals surface area (Å²) in [5, 5.41) is 3.07. The number of carbonyl (C=O) groups excluding carboxylic acids is 1. The van der Waals surface area contributed by atoms with E-state index in [2.05, 4.69) is 28.1 Å². The molecular formula is C32H39N3O3. The number of ether oxygens (including phenoxy) is 2. The largest absolute Gasteiger partial charge is 0.497 e. The summed E-state index contributed by atoms with van der Waals surface area (Å²) in [5.74, 6) is 2.88. The van der Waals surface area contributed by atoms with E-state index in [1.165, 1.54) is 5.52 Å². The van der Waals surface area contributed by atoms with Crippen molar-refractivity contribution in [3.63, 3.8) is 0 Å². The second-order valence-corrected chi connectivity index (χ2v) is 9.67. The van der Waals surface area contributed by atoms with Gasteiger partial charge in [-0.3, -0.25) is 4.79 Å². The molecule has 200 valence electrons. The van der Waals surface area contributed by atoms with Crippen LogP contribution in [0.5, 0.6) is 11.5 Å². The van der Waals surface area contributed by atoms with Crippen LogP contribution in [0.25, 0.3) is 11.0 Å². The second-order valence-electron chi connectivity index (χ2n) is 9.67. The fraction of sp³-hybridized carbons (Fsp3) is 0.375. The minimum Gasteiger partial charge on any atom is -0.497 e. The fourth-order valence-corrected chi connectivity index (χ4v) is 4.68. The summed E-state index contributed by atoms with van der Waals surface area (Å²) in [6.07, 6.45) is 6.45. The van der Waals surface area contributed by atoms with E-state index in [0.717, 1.165) is 79.0 Å².